The lowest BCUT2D eigenvalue weighted by atomic mass is 10.1. The molecule has 6 heteroatoms. The van der Waals surface area contributed by atoms with Crippen molar-refractivity contribution < 1.29 is 28.6 Å². The summed E-state index contributed by atoms with van der Waals surface area (Å²) in [5.41, 5.74) is 0. The monoisotopic (exact) mass is 965 g/mol. The predicted octanol–water partition coefficient (Wildman–Crippen LogP) is 18.8. The van der Waals surface area contributed by atoms with E-state index in [1.54, 1.807) is 0 Å². The lowest BCUT2D eigenvalue weighted by molar-refractivity contribution is -0.167. The van der Waals surface area contributed by atoms with Gasteiger partial charge in [0.15, 0.2) is 6.10 Å². The fourth-order valence-corrected chi connectivity index (χ4v) is 6.95. The summed E-state index contributed by atoms with van der Waals surface area (Å²) in [6, 6.07) is 0. The van der Waals surface area contributed by atoms with E-state index in [-0.39, 0.29) is 38.0 Å². The number of carbonyl (C=O) groups excluding carboxylic acids is 3. The molecule has 0 fully saturated rings. The van der Waals surface area contributed by atoms with Gasteiger partial charge in [0, 0.05) is 19.3 Å². The number of esters is 3. The van der Waals surface area contributed by atoms with Gasteiger partial charge in [0.05, 0.1) is 0 Å². The molecule has 1 atom stereocenters. The second-order valence-corrected chi connectivity index (χ2v) is 17.9. The molecule has 0 bridgehead atoms. The normalized spacial score (nSPS) is 13.2. The summed E-state index contributed by atoms with van der Waals surface area (Å²) in [6.07, 6.45) is 81.2. The molecule has 0 rings (SSSR count). The zero-order valence-electron chi connectivity index (χ0n) is 44.7. The molecule has 0 radical (unpaired) electrons. The number of carbonyl (C=O) groups is 3. The van der Waals surface area contributed by atoms with Gasteiger partial charge in [-0.2, -0.15) is 0 Å². The summed E-state index contributed by atoms with van der Waals surface area (Å²) >= 11 is 0. The quantitative estimate of drug-likeness (QED) is 0.0199. The van der Waals surface area contributed by atoms with E-state index in [2.05, 4.69) is 130 Å². The highest BCUT2D eigenvalue weighted by molar-refractivity contribution is 5.71. The molecule has 0 aromatic heterocycles. The minimum Gasteiger partial charge on any atom is -0.462 e. The van der Waals surface area contributed by atoms with Crippen molar-refractivity contribution in [3.63, 3.8) is 0 Å². The van der Waals surface area contributed by atoms with Gasteiger partial charge >= 0.3 is 17.9 Å². The highest BCUT2D eigenvalue weighted by atomic mass is 16.6. The van der Waals surface area contributed by atoms with E-state index < -0.39 is 12.1 Å². The van der Waals surface area contributed by atoms with Crippen molar-refractivity contribution in [1.82, 2.24) is 0 Å². The maximum absolute atomic E-state index is 12.8. The molecule has 0 aliphatic rings. The van der Waals surface area contributed by atoms with Crippen molar-refractivity contribution in [2.45, 2.75) is 226 Å². The Kier molecular flexibility index (Phi) is 53.0. The number of rotatable bonds is 48. The molecule has 392 valence electrons. The average Bonchev–Trinajstić information content (AvgIpc) is 3.36. The standard InChI is InChI=1S/C64H100O6/c1-4-7-10-13-16-19-22-25-28-31-34-36-39-42-45-48-51-54-57-63(66)69-60-61(70-64(67)58-55-52-49-46-43-40-37-33-30-27-24-21-18-15-12-9-6-3)59-68-62(65)56-53-50-47-44-41-38-35-32-29-26-23-20-17-14-11-8-5-2/h10,13,16,18-19,21-22,25-31,34-38,40,44,46-47,49,61H,4-9,11-12,14-15,17,20,23-24,32-33,39,41-43,45,48,50-60H2,1-3H3/b13-10-,19-16-,21-18-,25-22-,29-26-,30-27-,31-28-,36-34-,38-35-,40-37-,47-44-,49-46-. The van der Waals surface area contributed by atoms with Crippen molar-refractivity contribution in [2.24, 2.45) is 0 Å². The van der Waals surface area contributed by atoms with Gasteiger partial charge in [-0.1, -0.05) is 237 Å². The third kappa shape index (κ3) is 54.2. The summed E-state index contributed by atoms with van der Waals surface area (Å²) in [7, 11) is 0. The van der Waals surface area contributed by atoms with E-state index in [1.807, 2.05) is 36.5 Å². The Bertz CT molecular complexity index is 1580. The summed E-state index contributed by atoms with van der Waals surface area (Å²) < 4.78 is 16.7. The number of hydrogen-bond donors (Lipinski definition) is 0. The van der Waals surface area contributed by atoms with Crippen molar-refractivity contribution in [3.8, 4) is 0 Å². The van der Waals surface area contributed by atoms with Crippen LogP contribution in [0.5, 0.6) is 0 Å². The molecule has 0 aliphatic carbocycles. The second-order valence-electron chi connectivity index (χ2n) is 17.9. The van der Waals surface area contributed by atoms with E-state index >= 15 is 0 Å². The van der Waals surface area contributed by atoms with Gasteiger partial charge in [-0.3, -0.25) is 14.4 Å². The molecule has 0 saturated carbocycles. The first-order chi connectivity index (χ1) is 34.5. The van der Waals surface area contributed by atoms with Crippen LogP contribution in [0.15, 0.2) is 146 Å². The molecule has 0 N–H and O–H groups in total. The van der Waals surface area contributed by atoms with Crippen LogP contribution < -0.4 is 0 Å². The molecule has 0 aromatic rings. The Labute approximate surface area is 429 Å². The first-order valence-corrected chi connectivity index (χ1v) is 27.9. The minimum absolute atomic E-state index is 0.135. The highest BCUT2D eigenvalue weighted by Gasteiger charge is 2.19. The summed E-state index contributed by atoms with van der Waals surface area (Å²) in [5, 5.41) is 0. The van der Waals surface area contributed by atoms with Crippen LogP contribution in [0.4, 0.5) is 0 Å². The van der Waals surface area contributed by atoms with Crippen molar-refractivity contribution in [2.75, 3.05) is 13.2 Å². The third-order valence-electron chi connectivity index (χ3n) is 11.1. The summed E-state index contributed by atoms with van der Waals surface area (Å²) in [5.74, 6) is -1.08. The van der Waals surface area contributed by atoms with E-state index in [1.165, 1.54) is 77.0 Å². The van der Waals surface area contributed by atoms with Gasteiger partial charge in [-0.15, -0.1) is 0 Å². The second kappa shape index (κ2) is 56.9. The topological polar surface area (TPSA) is 78.9 Å². The van der Waals surface area contributed by atoms with E-state index in [9.17, 15) is 14.4 Å². The molecule has 70 heavy (non-hydrogen) atoms. The highest BCUT2D eigenvalue weighted by Crippen LogP contribution is 2.11. The Hall–Kier alpha value is -4.71. The molecule has 1 unspecified atom stereocenters. The van der Waals surface area contributed by atoms with E-state index in [4.69, 9.17) is 14.2 Å². The molecule has 0 spiro atoms. The summed E-state index contributed by atoms with van der Waals surface area (Å²) in [4.78, 5) is 38.1. The lowest BCUT2D eigenvalue weighted by Crippen LogP contribution is -2.30. The van der Waals surface area contributed by atoms with Gasteiger partial charge < -0.3 is 14.2 Å². The van der Waals surface area contributed by atoms with Gasteiger partial charge in [0.1, 0.15) is 13.2 Å². The first-order valence-electron chi connectivity index (χ1n) is 27.9. The zero-order valence-corrected chi connectivity index (χ0v) is 44.7. The van der Waals surface area contributed by atoms with Crippen molar-refractivity contribution in [3.05, 3.63) is 146 Å². The van der Waals surface area contributed by atoms with Gasteiger partial charge in [-0.25, -0.2) is 0 Å². The summed E-state index contributed by atoms with van der Waals surface area (Å²) in [6.45, 7) is 6.39. The largest absolute Gasteiger partial charge is 0.462 e. The van der Waals surface area contributed by atoms with Crippen LogP contribution in [0.1, 0.15) is 220 Å². The number of hydrogen-bond acceptors (Lipinski definition) is 6. The van der Waals surface area contributed by atoms with Gasteiger partial charge in [0.2, 0.25) is 0 Å². The van der Waals surface area contributed by atoms with Crippen LogP contribution >= 0.6 is 0 Å². The third-order valence-corrected chi connectivity index (χ3v) is 11.1. The van der Waals surface area contributed by atoms with Gasteiger partial charge in [0.25, 0.3) is 0 Å². The molecule has 0 heterocycles. The molecule has 0 amide bonds. The van der Waals surface area contributed by atoms with Crippen LogP contribution in [-0.4, -0.2) is 37.2 Å². The number of ether oxygens (including phenoxy) is 3. The molecule has 6 nitrogen and oxygen atoms in total. The SMILES string of the molecule is CCC\C=C/C=C\C=C/C=C\C=C/CCCCCCCC(=O)OCC(COC(=O)CCC/C=C\C/C=C\C/C=C\CCCCCCCC)OC(=O)CCC/C=C\C/C=C\C/C=C\C/C=C\CCCCC. The van der Waals surface area contributed by atoms with Crippen molar-refractivity contribution in [1.29, 1.82) is 0 Å². The minimum atomic E-state index is -0.845. The molecular formula is C64H100O6. The fourth-order valence-electron chi connectivity index (χ4n) is 6.95. The van der Waals surface area contributed by atoms with Crippen LogP contribution in [0.3, 0.4) is 0 Å². The Balaban J connectivity index is 4.64. The lowest BCUT2D eigenvalue weighted by Gasteiger charge is -2.18. The van der Waals surface area contributed by atoms with Crippen molar-refractivity contribution >= 4 is 17.9 Å². The Morgan fingerprint density at radius 3 is 1.07 bits per heavy atom. The number of allylic oxidation sites excluding steroid dienone is 24. The Morgan fingerprint density at radius 2 is 0.614 bits per heavy atom. The van der Waals surface area contributed by atoms with Crippen LogP contribution in [0.25, 0.3) is 0 Å². The van der Waals surface area contributed by atoms with Crippen LogP contribution in [0, 0.1) is 0 Å². The maximum Gasteiger partial charge on any atom is 0.306 e. The molecule has 0 saturated heterocycles. The van der Waals surface area contributed by atoms with Crippen LogP contribution in [-0.2, 0) is 28.6 Å². The fraction of sp³-hybridized carbons (Fsp3) is 0.578. The van der Waals surface area contributed by atoms with Gasteiger partial charge in [-0.05, 0) is 109 Å². The molecule has 0 aliphatic heterocycles. The average molecular weight is 965 g/mol. The van der Waals surface area contributed by atoms with Crippen LogP contribution in [0.2, 0.25) is 0 Å². The predicted molar refractivity (Wildman–Crippen MR) is 302 cm³/mol. The molecular weight excluding hydrogens is 865 g/mol. The molecule has 0 aromatic carbocycles. The zero-order chi connectivity index (χ0) is 50.7. The van der Waals surface area contributed by atoms with E-state index in [0.717, 1.165) is 89.9 Å². The maximum atomic E-state index is 12.8. The first kappa shape index (κ1) is 65.3. The van der Waals surface area contributed by atoms with E-state index in [0.29, 0.717) is 19.3 Å². The number of unbranched alkanes of at least 4 members (excludes halogenated alkanes) is 17. The smallest absolute Gasteiger partial charge is 0.306 e. The Morgan fingerprint density at radius 1 is 0.300 bits per heavy atom.